The van der Waals surface area contributed by atoms with Crippen molar-refractivity contribution >= 4 is 17.9 Å². The van der Waals surface area contributed by atoms with Crippen molar-refractivity contribution in [2.24, 2.45) is 5.92 Å². The first-order chi connectivity index (χ1) is 29.9. The first-order valence-corrected chi connectivity index (χ1v) is 27.4. The highest BCUT2D eigenvalue weighted by Crippen LogP contribution is 2.17. The van der Waals surface area contributed by atoms with Crippen molar-refractivity contribution in [1.29, 1.82) is 0 Å². The fraction of sp³-hybridized carbons (Fsp3) is 0.945. The average molecular weight is 863 g/mol. The molecular weight excluding hydrogens is 757 g/mol. The highest BCUT2D eigenvalue weighted by molar-refractivity contribution is 5.71. The lowest BCUT2D eigenvalue weighted by Gasteiger charge is -2.18. The van der Waals surface area contributed by atoms with Crippen LogP contribution in [0.1, 0.15) is 310 Å². The first kappa shape index (κ1) is 59.4. The molecule has 0 aromatic carbocycles. The number of hydrogen-bond acceptors (Lipinski definition) is 6. The van der Waals surface area contributed by atoms with Gasteiger partial charge in [-0.05, 0) is 25.2 Å². The molecule has 1 atom stereocenters. The van der Waals surface area contributed by atoms with Crippen molar-refractivity contribution in [1.82, 2.24) is 0 Å². The maximum atomic E-state index is 12.8. The predicted octanol–water partition coefficient (Wildman–Crippen LogP) is 17.8. The van der Waals surface area contributed by atoms with E-state index in [-0.39, 0.29) is 31.1 Å². The third-order valence-electron chi connectivity index (χ3n) is 12.5. The van der Waals surface area contributed by atoms with Gasteiger partial charge in [0.05, 0.1) is 0 Å². The Kier molecular flexibility index (Phi) is 48.1. The molecule has 0 aromatic heterocycles. The van der Waals surface area contributed by atoms with E-state index in [0.29, 0.717) is 19.3 Å². The lowest BCUT2D eigenvalue weighted by atomic mass is 10.0. The SMILES string of the molecule is CCCCCCCCCCCCCCCCCC(=O)OC[C@H](COC(=O)CCCCCCCCCCCCCC(C)C)OC(=O)CCCCCCCCCCCCCCCC. The summed E-state index contributed by atoms with van der Waals surface area (Å²) in [4.78, 5) is 38.0. The van der Waals surface area contributed by atoms with E-state index < -0.39 is 6.10 Å². The second-order valence-electron chi connectivity index (χ2n) is 19.3. The van der Waals surface area contributed by atoms with Crippen LogP contribution < -0.4 is 0 Å². The van der Waals surface area contributed by atoms with Crippen molar-refractivity contribution in [3.8, 4) is 0 Å². The van der Waals surface area contributed by atoms with E-state index in [4.69, 9.17) is 14.2 Å². The summed E-state index contributed by atoms with van der Waals surface area (Å²) in [5.41, 5.74) is 0. The monoisotopic (exact) mass is 863 g/mol. The molecule has 362 valence electrons. The molecular formula is C55H106O6. The van der Waals surface area contributed by atoms with Crippen molar-refractivity contribution in [2.75, 3.05) is 13.2 Å². The van der Waals surface area contributed by atoms with Gasteiger partial charge in [-0.15, -0.1) is 0 Å². The molecule has 6 nitrogen and oxygen atoms in total. The minimum atomic E-state index is -0.761. The summed E-state index contributed by atoms with van der Waals surface area (Å²) in [5.74, 6) is -0.0125. The van der Waals surface area contributed by atoms with E-state index >= 15 is 0 Å². The van der Waals surface area contributed by atoms with Crippen molar-refractivity contribution in [3.63, 3.8) is 0 Å². The molecule has 0 bridgehead atoms. The topological polar surface area (TPSA) is 78.9 Å². The fourth-order valence-corrected chi connectivity index (χ4v) is 8.39. The number of unbranched alkanes of at least 4 members (excludes halogenated alkanes) is 37. The molecule has 0 N–H and O–H groups in total. The molecule has 0 saturated heterocycles. The van der Waals surface area contributed by atoms with Crippen LogP contribution >= 0.6 is 0 Å². The van der Waals surface area contributed by atoms with Crippen LogP contribution in [-0.4, -0.2) is 37.2 Å². The molecule has 0 amide bonds. The molecule has 0 spiro atoms. The molecule has 0 heterocycles. The number of carbonyl (C=O) groups excluding carboxylic acids is 3. The standard InChI is InChI=1S/C55H106O6/c1-5-7-9-11-13-15-17-19-21-23-26-30-34-38-42-46-53(56)59-49-52(61-55(58)48-44-40-36-32-27-22-20-18-16-14-12-10-8-6-2)50-60-54(57)47-43-39-35-31-28-24-25-29-33-37-41-45-51(3)4/h51-52H,5-50H2,1-4H3/t52-/m1/s1. The zero-order valence-electron chi connectivity index (χ0n) is 41.6. The van der Waals surface area contributed by atoms with Crippen molar-refractivity contribution in [2.45, 2.75) is 316 Å². The van der Waals surface area contributed by atoms with Gasteiger partial charge in [0.25, 0.3) is 0 Å². The van der Waals surface area contributed by atoms with Gasteiger partial charge in [0.15, 0.2) is 6.10 Å². The normalized spacial score (nSPS) is 12.0. The van der Waals surface area contributed by atoms with Gasteiger partial charge >= 0.3 is 17.9 Å². The summed E-state index contributed by atoms with van der Waals surface area (Å²) >= 11 is 0. The Morgan fingerprint density at radius 3 is 0.803 bits per heavy atom. The summed E-state index contributed by atoms with van der Waals surface area (Å²) in [6, 6.07) is 0. The Morgan fingerprint density at radius 1 is 0.311 bits per heavy atom. The van der Waals surface area contributed by atoms with E-state index in [1.807, 2.05) is 0 Å². The van der Waals surface area contributed by atoms with E-state index in [9.17, 15) is 14.4 Å². The Balaban J connectivity index is 4.31. The van der Waals surface area contributed by atoms with Crippen molar-refractivity contribution in [3.05, 3.63) is 0 Å². The molecule has 6 heteroatoms. The molecule has 0 aromatic rings. The van der Waals surface area contributed by atoms with E-state index in [0.717, 1.165) is 63.7 Å². The number of esters is 3. The third kappa shape index (κ3) is 49.3. The summed E-state index contributed by atoms with van der Waals surface area (Å²) < 4.78 is 16.9. The van der Waals surface area contributed by atoms with Gasteiger partial charge in [0, 0.05) is 19.3 Å². The lowest BCUT2D eigenvalue weighted by Crippen LogP contribution is -2.30. The largest absolute Gasteiger partial charge is 0.462 e. The predicted molar refractivity (Wildman–Crippen MR) is 261 cm³/mol. The summed E-state index contributed by atoms with van der Waals surface area (Å²) in [7, 11) is 0. The van der Waals surface area contributed by atoms with Gasteiger partial charge in [-0.2, -0.15) is 0 Å². The maximum Gasteiger partial charge on any atom is 0.306 e. The van der Waals surface area contributed by atoms with Crippen LogP contribution in [-0.2, 0) is 28.6 Å². The molecule has 0 aliphatic rings. The van der Waals surface area contributed by atoms with Crippen LogP contribution in [0.15, 0.2) is 0 Å². The molecule has 0 saturated carbocycles. The Hall–Kier alpha value is -1.59. The number of rotatable bonds is 50. The molecule has 0 unspecified atom stereocenters. The molecule has 61 heavy (non-hydrogen) atoms. The second-order valence-corrected chi connectivity index (χ2v) is 19.3. The number of ether oxygens (including phenoxy) is 3. The van der Waals surface area contributed by atoms with Gasteiger partial charge < -0.3 is 14.2 Å². The Labute approximate surface area is 380 Å². The highest BCUT2D eigenvalue weighted by atomic mass is 16.6. The minimum absolute atomic E-state index is 0.0622. The highest BCUT2D eigenvalue weighted by Gasteiger charge is 2.19. The van der Waals surface area contributed by atoms with E-state index in [1.54, 1.807) is 0 Å². The average Bonchev–Trinajstić information content (AvgIpc) is 3.24. The van der Waals surface area contributed by atoms with Crippen LogP contribution in [0.25, 0.3) is 0 Å². The van der Waals surface area contributed by atoms with Crippen LogP contribution in [0.4, 0.5) is 0 Å². The van der Waals surface area contributed by atoms with Crippen LogP contribution in [0.3, 0.4) is 0 Å². The number of hydrogen-bond donors (Lipinski definition) is 0. The fourth-order valence-electron chi connectivity index (χ4n) is 8.39. The third-order valence-corrected chi connectivity index (χ3v) is 12.5. The van der Waals surface area contributed by atoms with Gasteiger partial charge in [-0.25, -0.2) is 0 Å². The van der Waals surface area contributed by atoms with Gasteiger partial charge in [-0.3, -0.25) is 14.4 Å². The van der Waals surface area contributed by atoms with Gasteiger partial charge in [0.1, 0.15) is 13.2 Å². The van der Waals surface area contributed by atoms with Gasteiger partial charge in [-0.1, -0.05) is 272 Å². The summed E-state index contributed by atoms with van der Waals surface area (Å²) in [6.07, 6.45) is 52.3. The van der Waals surface area contributed by atoms with Crippen LogP contribution in [0.5, 0.6) is 0 Å². The smallest absolute Gasteiger partial charge is 0.306 e. The molecule has 0 fully saturated rings. The maximum absolute atomic E-state index is 12.8. The molecule has 0 aliphatic heterocycles. The summed E-state index contributed by atoms with van der Waals surface area (Å²) in [5, 5.41) is 0. The quantitative estimate of drug-likeness (QED) is 0.0344. The zero-order chi connectivity index (χ0) is 44.5. The Morgan fingerprint density at radius 2 is 0.541 bits per heavy atom. The van der Waals surface area contributed by atoms with Crippen LogP contribution in [0, 0.1) is 5.92 Å². The summed E-state index contributed by atoms with van der Waals surface area (Å²) in [6.45, 7) is 9.04. The molecule has 0 radical (unpaired) electrons. The van der Waals surface area contributed by atoms with E-state index in [1.165, 1.54) is 205 Å². The minimum Gasteiger partial charge on any atom is -0.462 e. The molecule has 0 aliphatic carbocycles. The van der Waals surface area contributed by atoms with E-state index in [2.05, 4.69) is 27.7 Å². The van der Waals surface area contributed by atoms with Crippen molar-refractivity contribution < 1.29 is 28.6 Å². The first-order valence-electron chi connectivity index (χ1n) is 27.4. The lowest BCUT2D eigenvalue weighted by molar-refractivity contribution is -0.167. The number of carbonyl (C=O) groups is 3. The second kappa shape index (κ2) is 49.4. The molecule has 0 rings (SSSR count). The van der Waals surface area contributed by atoms with Gasteiger partial charge in [0.2, 0.25) is 0 Å². The zero-order valence-corrected chi connectivity index (χ0v) is 41.6. The Bertz CT molecular complexity index is 918. The van der Waals surface area contributed by atoms with Crippen LogP contribution in [0.2, 0.25) is 0 Å².